The molecule has 1 saturated heterocycles. The number of rotatable bonds is 0. The Labute approximate surface area is 50.0 Å². The normalized spacial score (nSPS) is 28.2. The van der Waals surface area contributed by atoms with Crippen molar-refractivity contribution in [1.29, 1.82) is 0 Å². The zero-order chi connectivity index (χ0) is 5.40. The van der Waals surface area contributed by atoms with Crippen LogP contribution in [0.2, 0.25) is 0 Å². The molecule has 0 aromatic heterocycles. The van der Waals surface area contributed by atoms with Gasteiger partial charge in [-0.15, -0.1) is 0 Å². The maximum atomic E-state index is 2.51. The van der Waals surface area contributed by atoms with Crippen molar-refractivity contribution in [1.82, 2.24) is 4.90 Å². The van der Waals surface area contributed by atoms with Gasteiger partial charge in [-0.05, 0) is 12.8 Å². The molecule has 0 aromatic carbocycles. The van der Waals surface area contributed by atoms with E-state index < -0.39 is 0 Å². The summed E-state index contributed by atoms with van der Waals surface area (Å²) in [5.41, 5.74) is 1.70. The molecule has 3 rings (SSSR count). The van der Waals surface area contributed by atoms with E-state index in [1.54, 1.807) is 5.57 Å². The second-order valence-electron chi connectivity index (χ2n) is 2.66. The fourth-order valence-corrected chi connectivity index (χ4v) is 1.49. The molecule has 0 amide bonds. The van der Waals surface area contributed by atoms with E-state index in [1.165, 1.54) is 32.5 Å². The Morgan fingerprint density at radius 1 is 1.25 bits per heavy atom. The van der Waals surface area contributed by atoms with Gasteiger partial charge in [-0.2, -0.15) is 0 Å². The number of piperidine rings is 1. The molecule has 2 bridgehead atoms. The zero-order valence-corrected chi connectivity index (χ0v) is 5.06. The van der Waals surface area contributed by atoms with Crippen molar-refractivity contribution in [2.75, 3.05) is 19.6 Å². The Hall–Kier alpha value is -0.300. The molecule has 1 heteroatoms. The minimum absolute atomic E-state index is 1.23. The largest absolute Gasteiger partial charge is 0.299 e. The summed E-state index contributed by atoms with van der Waals surface area (Å²) in [6.07, 6.45) is 5.08. The number of nitrogens with zero attached hydrogens (tertiary/aromatic N) is 1. The van der Waals surface area contributed by atoms with Crippen LogP contribution in [0.4, 0.5) is 0 Å². The third-order valence-corrected chi connectivity index (χ3v) is 2.14. The topological polar surface area (TPSA) is 3.24 Å². The third kappa shape index (κ3) is 0.583. The van der Waals surface area contributed by atoms with E-state index in [9.17, 15) is 0 Å². The van der Waals surface area contributed by atoms with Crippen LogP contribution >= 0.6 is 0 Å². The van der Waals surface area contributed by atoms with Gasteiger partial charge in [0, 0.05) is 19.6 Å². The Morgan fingerprint density at radius 3 is 2.12 bits per heavy atom. The predicted molar refractivity (Wildman–Crippen MR) is 33.8 cm³/mol. The summed E-state index contributed by atoms with van der Waals surface area (Å²) in [6, 6.07) is 0. The molecule has 3 aliphatic rings. The minimum atomic E-state index is 1.23. The van der Waals surface area contributed by atoms with Crippen LogP contribution in [0, 0.1) is 0 Å². The van der Waals surface area contributed by atoms with Crippen LogP contribution in [0.3, 0.4) is 0 Å². The maximum absolute atomic E-state index is 2.51. The maximum Gasteiger partial charge on any atom is 0.0166 e. The van der Waals surface area contributed by atoms with Gasteiger partial charge in [0.1, 0.15) is 0 Å². The van der Waals surface area contributed by atoms with Gasteiger partial charge in [0.2, 0.25) is 0 Å². The molecule has 0 saturated carbocycles. The van der Waals surface area contributed by atoms with Crippen LogP contribution in [-0.4, -0.2) is 24.5 Å². The summed E-state index contributed by atoms with van der Waals surface area (Å²) in [5, 5.41) is 0. The van der Waals surface area contributed by atoms with Crippen LogP contribution < -0.4 is 0 Å². The SMILES string of the molecule is C1=C2CCN(C1)CC2. The van der Waals surface area contributed by atoms with Gasteiger partial charge in [0.25, 0.3) is 0 Å². The lowest BCUT2D eigenvalue weighted by Gasteiger charge is -2.32. The van der Waals surface area contributed by atoms with E-state index >= 15 is 0 Å². The van der Waals surface area contributed by atoms with Crippen molar-refractivity contribution in [2.45, 2.75) is 12.8 Å². The van der Waals surface area contributed by atoms with Gasteiger partial charge in [-0.25, -0.2) is 0 Å². The monoisotopic (exact) mass is 109 g/mol. The van der Waals surface area contributed by atoms with Gasteiger partial charge in [-0.1, -0.05) is 11.6 Å². The van der Waals surface area contributed by atoms with E-state index in [-0.39, 0.29) is 0 Å². The summed E-state index contributed by atoms with van der Waals surface area (Å²) < 4.78 is 0. The van der Waals surface area contributed by atoms with E-state index in [0.29, 0.717) is 0 Å². The molecule has 3 aliphatic heterocycles. The Kier molecular flexibility index (Phi) is 0.908. The van der Waals surface area contributed by atoms with Crippen molar-refractivity contribution < 1.29 is 0 Å². The predicted octanol–water partition coefficient (Wildman–Crippen LogP) is 1.02. The van der Waals surface area contributed by atoms with Crippen LogP contribution in [-0.2, 0) is 0 Å². The summed E-state index contributed by atoms with van der Waals surface area (Å²) >= 11 is 0. The average molecular weight is 109 g/mol. The molecule has 1 fully saturated rings. The van der Waals surface area contributed by atoms with Gasteiger partial charge < -0.3 is 0 Å². The lowest BCUT2D eigenvalue weighted by atomic mass is 9.99. The molecule has 44 valence electrons. The summed E-state index contributed by atoms with van der Waals surface area (Å²) in [7, 11) is 0. The summed E-state index contributed by atoms with van der Waals surface area (Å²) in [5.74, 6) is 0. The van der Waals surface area contributed by atoms with Crippen LogP contribution in [0.5, 0.6) is 0 Å². The highest BCUT2D eigenvalue weighted by molar-refractivity contribution is 5.11. The highest BCUT2D eigenvalue weighted by atomic mass is 15.1. The van der Waals surface area contributed by atoms with Gasteiger partial charge in [0.05, 0.1) is 0 Å². The Morgan fingerprint density at radius 2 is 2.00 bits per heavy atom. The van der Waals surface area contributed by atoms with E-state index in [1.807, 2.05) is 0 Å². The van der Waals surface area contributed by atoms with E-state index in [4.69, 9.17) is 0 Å². The molecule has 0 spiro atoms. The molecular formula is C7H11N. The minimum Gasteiger partial charge on any atom is -0.299 e. The van der Waals surface area contributed by atoms with Crippen molar-refractivity contribution in [3.05, 3.63) is 11.6 Å². The van der Waals surface area contributed by atoms with Crippen LogP contribution in [0.25, 0.3) is 0 Å². The molecule has 0 radical (unpaired) electrons. The third-order valence-electron chi connectivity index (χ3n) is 2.14. The molecule has 0 aromatic rings. The van der Waals surface area contributed by atoms with E-state index in [2.05, 4.69) is 11.0 Å². The van der Waals surface area contributed by atoms with Gasteiger partial charge in [0.15, 0.2) is 0 Å². The summed E-state index contributed by atoms with van der Waals surface area (Å²) in [6.45, 7) is 3.88. The fourth-order valence-electron chi connectivity index (χ4n) is 1.49. The Balaban J connectivity index is 2.22. The second-order valence-corrected chi connectivity index (χ2v) is 2.66. The van der Waals surface area contributed by atoms with Crippen molar-refractivity contribution in [2.24, 2.45) is 0 Å². The number of fused-ring (bicyclic) bond motifs is 3. The molecule has 8 heavy (non-hydrogen) atoms. The van der Waals surface area contributed by atoms with Gasteiger partial charge in [-0.3, -0.25) is 4.90 Å². The van der Waals surface area contributed by atoms with Crippen molar-refractivity contribution in [3.8, 4) is 0 Å². The summed E-state index contributed by atoms with van der Waals surface area (Å²) in [4.78, 5) is 2.51. The Bertz CT molecular complexity index is 116. The highest BCUT2D eigenvalue weighted by Gasteiger charge is 2.16. The molecule has 0 aliphatic carbocycles. The number of hydrogen-bond acceptors (Lipinski definition) is 1. The molecule has 0 atom stereocenters. The molecule has 1 nitrogen and oxygen atoms in total. The van der Waals surface area contributed by atoms with Crippen LogP contribution in [0.1, 0.15) is 12.8 Å². The second kappa shape index (κ2) is 1.59. The smallest absolute Gasteiger partial charge is 0.0166 e. The first-order chi connectivity index (χ1) is 3.95. The molecular weight excluding hydrogens is 98.1 g/mol. The first kappa shape index (κ1) is 4.57. The lowest BCUT2D eigenvalue weighted by molar-refractivity contribution is 0.261. The van der Waals surface area contributed by atoms with Crippen molar-refractivity contribution in [3.63, 3.8) is 0 Å². The van der Waals surface area contributed by atoms with Gasteiger partial charge >= 0.3 is 0 Å². The first-order valence-electron chi connectivity index (χ1n) is 3.35. The van der Waals surface area contributed by atoms with Crippen LogP contribution in [0.15, 0.2) is 11.6 Å². The van der Waals surface area contributed by atoms with E-state index in [0.717, 1.165) is 0 Å². The molecule has 0 unspecified atom stereocenters. The number of hydrogen-bond donors (Lipinski definition) is 0. The van der Waals surface area contributed by atoms with Crippen molar-refractivity contribution >= 4 is 0 Å². The highest BCUT2D eigenvalue weighted by Crippen LogP contribution is 2.20. The molecule has 3 heterocycles. The first-order valence-corrected chi connectivity index (χ1v) is 3.35. The zero-order valence-electron chi connectivity index (χ0n) is 5.06. The standard InChI is InChI=1S/C7H11N/c1-4-8-5-2-7(1)3-6-8/h1H,2-6H2. The molecule has 0 N–H and O–H groups in total. The lowest BCUT2D eigenvalue weighted by Crippen LogP contribution is -2.35. The average Bonchev–Trinajstić information content (AvgIpc) is 1.92. The fraction of sp³-hybridized carbons (Fsp3) is 0.714. The quantitative estimate of drug-likeness (QED) is 0.420.